The number of nitrogens with one attached hydrogen (secondary N) is 1. The lowest BCUT2D eigenvalue weighted by molar-refractivity contribution is 0.0526. The SMILES string of the molecule is CCOC(=O)c1ccc(NCCCC2CC2)nc1. The second kappa shape index (κ2) is 6.38. The minimum atomic E-state index is -0.315. The first-order valence-electron chi connectivity index (χ1n) is 6.66. The summed E-state index contributed by atoms with van der Waals surface area (Å²) < 4.78 is 4.90. The van der Waals surface area contributed by atoms with Crippen molar-refractivity contribution in [1.82, 2.24) is 4.98 Å². The van der Waals surface area contributed by atoms with Gasteiger partial charge in [0, 0.05) is 12.7 Å². The van der Waals surface area contributed by atoms with Gasteiger partial charge in [-0.15, -0.1) is 0 Å². The predicted molar refractivity (Wildman–Crippen MR) is 70.6 cm³/mol. The van der Waals surface area contributed by atoms with E-state index in [1.165, 1.54) is 25.7 Å². The van der Waals surface area contributed by atoms with Crippen LogP contribution in [0.1, 0.15) is 43.0 Å². The van der Waals surface area contributed by atoms with E-state index in [9.17, 15) is 4.79 Å². The summed E-state index contributed by atoms with van der Waals surface area (Å²) in [6.07, 6.45) is 6.88. The molecule has 1 aromatic rings. The van der Waals surface area contributed by atoms with E-state index in [0.29, 0.717) is 12.2 Å². The van der Waals surface area contributed by atoms with Crippen LogP contribution in [0.2, 0.25) is 0 Å². The van der Waals surface area contributed by atoms with Gasteiger partial charge < -0.3 is 10.1 Å². The van der Waals surface area contributed by atoms with Crippen LogP contribution in [-0.4, -0.2) is 24.1 Å². The van der Waals surface area contributed by atoms with Gasteiger partial charge in [-0.1, -0.05) is 12.8 Å². The number of aromatic nitrogens is 1. The summed E-state index contributed by atoms with van der Waals surface area (Å²) >= 11 is 0. The van der Waals surface area contributed by atoms with Crippen molar-refractivity contribution >= 4 is 11.8 Å². The molecule has 1 heterocycles. The van der Waals surface area contributed by atoms with E-state index >= 15 is 0 Å². The molecule has 0 atom stereocenters. The summed E-state index contributed by atoms with van der Waals surface area (Å²) in [5.74, 6) is 1.48. The Morgan fingerprint density at radius 3 is 2.94 bits per heavy atom. The first kappa shape index (κ1) is 12.9. The molecule has 1 aliphatic rings. The Hall–Kier alpha value is -1.58. The van der Waals surface area contributed by atoms with Crippen molar-refractivity contribution in [3.8, 4) is 0 Å². The molecule has 1 saturated carbocycles. The molecule has 1 fully saturated rings. The van der Waals surface area contributed by atoms with Crippen LogP contribution < -0.4 is 5.32 Å². The summed E-state index contributed by atoms with van der Waals surface area (Å²) in [5.41, 5.74) is 0.500. The smallest absolute Gasteiger partial charge is 0.339 e. The van der Waals surface area contributed by atoms with Crippen LogP contribution in [0.3, 0.4) is 0 Å². The first-order chi connectivity index (χ1) is 8.79. The highest BCUT2D eigenvalue weighted by molar-refractivity contribution is 5.89. The van der Waals surface area contributed by atoms with Gasteiger partial charge in [0.05, 0.1) is 12.2 Å². The van der Waals surface area contributed by atoms with Gasteiger partial charge in [-0.2, -0.15) is 0 Å². The van der Waals surface area contributed by atoms with Gasteiger partial charge in [0.2, 0.25) is 0 Å². The lowest BCUT2D eigenvalue weighted by Crippen LogP contribution is -2.07. The molecule has 4 heteroatoms. The van der Waals surface area contributed by atoms with Crippen LogP contribution in [0.25, 0.3) is 0 Å². The minimum absolute atomic E-state index is 0.315. The normalized spacial score (nSPS) is 14.3. The van der Waals surface area contributed by atoms with Crippen molar-refractivity contribution in [2.75, 3.05) is 18.5 Å². The van der Waals surface area contributed by atoms with Gasteiger partial charge in [-0.3, -0.25) is 0 Å². The van der Waals surface area contributed by atoms with Gasteiger partial charge in [0.25, 0.3) is 0 Å². The van der Waals surface area contributed by atoms with Crippen molar-refractivity contribution in [2.45, 2.75) is 32.6 Å². The molecule has 1 aromatic heterocycles. The van der Waals surface area contributed by atoms with Crippen molar-refractivity contribution in [3.63, 3.8) is 0 Å². The number of ether oxygens (including phenoxy) is 1. The molecule has 0 amide bonds. The third kappa shape index (κ3) is 4.02. The Kier molecular flexibility index (Phi) is 4.56. The molecule has 98 valence electrons. The largest absolute Gasteiger partial charge is 0.462 e. The van der Waals surface area contributed by atoms with Crippen molar-refractivity contribution in [1.29, 1.82) is 0 Å². The lowest BCUT2D eigenvalue weighted by Gasteiger charge is -2.06. The zero-order valence-electron chi connectivity index (χ0n) is 10.8. The molecule has 0 unspecified atom stereocenters. The second-order valence-corrected chi connectivity index (χ2v) is 4.66. The molecule has 0 bridgehead atoms. The van der Waals surface area contributed by atoms with E-state index in [2.05, 4.69) is 10.3 Å². The maximum Gasteiger partial charge on any atom is 0.339 e. The van der Waals surface area contributed by atoms with Crippen LogP contribution in [0, 0.1) is 5.92 Å². The summed E-state index contributed by atoms with van der Waals surface area (Å²) in [6.45, 7) is 3.13. The van der Waals surface area contributed by atoms with Crippen molar-refractivity contribution in [3.05, 3.63) is 23.9 Å². The fraction of sp³-hybridized carbons (Fsp3) is 0.571. The Balaban J connectivity index is 1.73. The third-order valence-electron chi connectivity index (χ3n) is 3.07. The zero-order valence-corrected chi connectivity index (χ0v) is 10.8. The molecule has 1 N–H and O–H groups in total. The van der Waals surface area contributed by atoms with E-state index in [-0.39, 0.29) is 5.97 Å². The fourth-order valence-electron chi connectivity index (χ4n) is 1.85. The predicted octanol–water partition coefficient (Wildman–Crippen LogP) is 2.86. The fourth-order valence-corrected chi connectivity index (χ4v) is 1.85. The number of rotatable bonds is 7. The Labute approximate surface area is 108 Å². The van der Waals surface area contributed by atoms with E-state index in [1.54, 1.807) is 19.2 Å². The first-order valence-corrected chi connectivity index (χ1v) is 6.66. The molecule has 2 rings (SSSR count). The molecule has 0 aromatic carbocycles. The molecule has 1 aliphatic carbocycles. The zero-order chi connectivity index (χ0) is 12.8. The average molecular weight is 248 g/mol. The highest BCUT2D eigenvalue weighted by Gasteiger charge is 2.19. The quantitative estimate of drug-likeness (QED) is 0.595. The number of carbonyl (C=O) groups is 1. The highest BCUT2D eigenvalue weighted by atomic mass is 16.5. The topological polar surface area (TPSA) is 51.2 Å². The maximum atomic E-state index is 11.4. The monoisotopic (exact) mass is 248 g/mol. The summed E-state index contributed by atoms with van der Waals surface area (Å²) in [5, 5.41) is 3.26. The average Bonchev–Trinajstić information content (AvgIpc) is 3.20. The summed E-state index contributed by atoms with van der Waals surface area (Å²) in [7, 11) is 0. The Morgan fingerprint density at radius 2 is 2.33 bits per heavy atom. The van der Waals surface area contributed by atoms with E-state index in [0.717, 1.165) is 18.3 Å². The molecule has 0 radical (unpaired) electrons. The van der Waals surface area contributed by atoms with Crippen LogP contribution >= 0.6 is 0 Å². The van der Waals surface area contributed by atoms with Crippen LogP contribution in [-0.2, 0) is 4.74 Å². The van der Waals surface area contributed by atoms with Crippen LogP contribution in [0.4, 0.5) is 5.82 Å². The maximum absolute atomic E-state index is 11.4. The van der Waals surface area contributed by atoms with E-state index in [1.807, 2.05) is 6.07 Å². The van der Waals surface area contributed by atoms with Crippen LogP contribution in [0.15, 0.2) is 18.3 Å². The second-order valence-electron chi connectivity index (χ2n) is 4.66. The van der Waals surface area contributed by atoms with Gasteiger partial charge in [-0.05, 0) is 37.8 Å². The summed E-state index contributed by atoms with van der Waals surface area (Å²) in [4.78, 5) is 15.6. The number of esters is 1. The number of nitrogens with zero attached hydrogens (tertiary/aromatic N) is 1. The van der Waals surface area contributed by atoms with Gasteiger partial charge in [0.1, 0.15) is 5.82 Å². The van der Waals surface area contributed by atoms with Gasteiger partial charge >= 0.3 is 5.97 Å². The number of hydrogen-bond donors (Lipinski definition) is 1. The molecule has 0 aliphatic heterocycles. The lowest BCUT2D eigenvalue weighted by atomic mass is 10.2. The number of carbonyl (C=O) groups excluding carboxylic acids is 1. The molecule has 0 spiro atoms. The van der Waals surface area contributed by atoms with Crippen LogP contribution in [0.5, 0.6) is 0 Å². The van der Waals surface area contributed by atoms with E-state index < -0.39 is 0 Å². The van der Waals surface area contributed by atoms with Crippen molar-refractivity contribution < 1.29 is 9.53 Å². The van der Waals surface area contributed by atoms with Crippen molar-refractivity contribution in [2.24, 2.45) is 5.92 Å². The molecule has 0 saturated heterocycles. The molecule has 4 nitrogen and oxygen atoms in total. The minimum Gasteiger partial charge on any atom is -0.462 e. The standard InChI is InChI=1S/C14H20N2O2/c1-2-18-14(17)12-7-8-13(16-10-12)15-9-3-4-11-5-6-11/h7-8,10-11H,2-6,9H2,1H3,(H,15,16). The number of hydrogen-bond acceptors (Lipinski definition) is 4. The van der Waals surface area contributed by atoms with Gasteiger partial charge in [0.15, 0.2) is 0 Å². The molecular weight excluding hydrogens is 228 g/mol. The number of pyridine rings is 1. The molecule has 18 heavy (non-hydrogen) atoms. The highest BCUT2D eigenvalue weighted by Crippen LogP contribution is 2.33. The Bertz CT molecular complexity index is 385. The molecular formula is C14H20N2O2. The third-order valence-corrected chi connectivity index (χ3v) is 3.07. The summed E-state index contributed by atoms with van der Waals surface area (Å²) in [6, 6.07) is 3.57. The van der Waals surface area contributed by atoms with Gasteiger partial charge in [-0.25, -0.2) is 9.78 Å². The Morgan fingerprint density at radius 1 is 1.50 bits per heavy atom. The van der Waals surface area contributed by atoms with E-state index in [4.69, 9.17) is 4.74 Å². The number of anilines is 1.